The number of pyridine rings is 1. The van der Waals surface area contributed by atoms with Gasteiger partial charge in [0.1, 0.15) is 5.82 Å². The van der Waals surface area contributed by atoms with Crippen LogP contribution in [0.15, 0.2) is 42.6 Å². The SMILES string of the molecule is COC(=O)Nc1ccc(NCc2cccc(C)c2)cn1. The molecule has 0 aliphatic rings. The lowest BCUT2D eigenvalue weighted by molar-refractivity contribution is 0.187. The summed E-state index contributed by atoms with van der Waals surface area (Å²) >= 11 is 0. The Bertz CT molecular complexity index is 582. The molecule has 0 fully saturated rings. The highest BCUT2D eigenvalue weighted by atomic mass is 16.5. The zero-order valence-corrected chi connectivity index (χ0v) is 11.5. The number of aryl methyl sites for hydroxylation is 1. The van der Waals surface area contributed by atoms with E-state index in [1.807, 2.05) is 12.1 Å². The monoisotopic (exact) mass is 271 g/mol. The van der Waals surface area contributed by atoms with E-state index in [0.29, 0.717) is 5.82 Å². The molecule has 5 heteroatoms. The van der Waals surface area contributed by atoms with Crippen molar-refractivity contribution in [2.24, 2.45) is 0 Å². The normalized spacial score (nSPS) is 9.90. The van der Waals surface area contributed by atoms with Gasteiger partial charge in [0.2, 0.25) is 0 Å². The summed E-state index contributed by atoms with van der Waals surface area (Å²) in [6, 6.07) is 11.9. The van der Waals surface area contributed by atoms with Gasteiger partial charge in [-0.3, -0.25) is 5.32 Å². The van der Waals surface area contributed by atoms with Gasteiger partial charge in [0, 0.05) is 6.54 Å². The molecule has 5 nitrogen and oxygen atoms in total. The van der Waals surface area contributed by atoms with Gasteiger partial charge in [0.15, 0.2) is 0 Å². The lowest BCUT2D eigenvalue weighted by Gasteiger charge is -2.08. The Morgan fingerprint density at radius 2 is 2.15 bits per heavy atom. The number of carbonyl (C=O) groups excluding carboxylic acids is 1. The van der Waals surface area contributed by atoms with Crippen molar-refractivity contribution in [2.75, 3.05) is 17.7 Å². The van der Waals surface area contributed by atoms with Crippen molar-refractivity contribution in [1.82, 2.24) is 4.98 Å². The van der Waals surface area contributed by atoms with Crippen LogP contribution in [0.4, 0.5) is 16.3 Å². The van der Waals surface area contributed by atoms with E-state index in [1.54, 1.807) is 12.3 Å². The number of hydrogen-bond donors (Lipinski definition) is 2. The summed E-state index contributed by atoms with van der Waals surface area (Å²) in [5, 5.41) is 5.78. The molecule has 20 heavy (non-hydrogen) atoms. The zero-order chi connectivity index (χ0) is 14.4. The molecule has 0 aliphatic carbocycles. The van der Waals surface area contributed by atoms with E-state index in [9.17, 15) is 4.79 Å². The first-order valence-corrected chi connectivity index (χ1v) is 6.28. The Balaban J connectivity index is 1.92. The van der Waals surface area contributed by atoms with Crippen molar-refractivity contribution in [3.8, 4) is 0 Å². The molecule has 2 rings (SSSR count). The maximum Gasteiger partial charge on any atom is 0.412 e. The van der Waals surface area contributed by atoms with Crippen molar-refractivity contribution in [3.05, 3.63) is 53.7 Å². The first kappa shape index (κ1) is 13.9. The molecule has 1 aromatic heterocycles. The molecule has 1 heterocycles. The summed E-state index contributed by atoms with van der Waals surface area (Å²) < 4.78 is 4.50. The predicted octanol–water partition coefficient (Wildman–Crippen LogP) is 3.18. The number of carbonyl (C=O) groups is 1. The van der Waals surface area contributed by atoms with Gasteiger partial charge in [-0.15, -0.1) is 0 Å². The Morgan fingerprint density at radius 3 is 2.80 bits per heavy atom. The number of hydrogen-bond acceptors (Lipinski definition) is 4. The third kappa shape index (κ3) is 3.98. The maximum absolute atomic E-state index is 11.0. The summed E-state index contributed by atoms with van der Waals surface area (Å²) in [5.74, 6) is 0.456. The summed E-state index contributed by atoms with van der Waals surface area (Å²) in [4.78, 5) is 15.1. The molecule has 0 radical (unpaired) electrons. The van der Waals surface area contributed by atoms with Crippen LogP contribution < -0.4 is 10.6 Å². The molecule has 0 spiro atoms. The quantitative estimate of drug-likeness (QED) is 0.896. The molecule has 2 N–H and O–H groups in total. The van der Waals surface area contributed by atoms with Crippen molar-refractivity contribution >= 4 is 17.6 Å². The summed E-state index contributed by atoms with van der Waals surface area (Å²) in [5.41, 5.74) is 3.34. The smallest absolute Gasteiger partial charge is 0.412 e. The summed E-state index contributed by atoms with van der Waals surface area (Å²) in [6.07, 6.45) is 1.14. The highest BCUT2D eigenvalue weighted by Crippen LogP contribution is 2.12. The zero-order valence-electron chi connectivity index (χ0n) is 11.5. The van der Waals surface area contributed by atoms with Crippen LogP contribution in [0.1, 0.15) is 11.1 Å². The van der Waals surface area contributed by atoms with Crippen LogP contribution in [0.25, 0.3) is 0 Å². The van der Waals surface area contributed by atoms with Gasteiger partial charge in [-0.1, -0.05) is 29.8 Å². The van der Waals surface area contributed by atoms with Crippen molar-refractivity contribution < 1.29 is 9.53 Å². The lowest BCUT2D eigenvalue weighted by atomic mass is 10.1. The van der Waals surface area contributed by atoms with Gasteiger partial charge in [-0.05, 0) is 24.6 Å². The van der Waals surface area contributed by atoms with Crippen LogP contribution in [0, 0.1) is 6.92 Å². The minimum absolute atomic E-state index is 0.456. The van der Waals surface area contributed by atoms with E-state index in [0.717, 1.165) is 12.2 Å². The Kier molecular flexibility index (Phi) is 4.55. The van der Waals surface area contributed by atoms with E-state index >= 15 is 0 Å². The van der Waals surface area contributed by atoms with Crippen LogP contribution in [-0.4, -0.2) is 18.2 Å². The third-order valence-corrected chi connectivity index (χ3v) is 2.76. The molecule has 1 amide bonds. The molecule has 2 aromatic rings. The first-order valence-electron chi connectivity index (χ1n) is 6.28. The van der Waals surface area contributed by atoms with Crippen LogP contribution in [0.5, 0.6) is 0 Å². The molecule has 0 aliphatic heterocycles. The van der Waals surface area contributed by atoms with Gasteiger partial charge in [-0.2, -0.15) is 0 Å². The molecule has 0 saturated heterocycles. The Hall–Kier alpha value is -2.56. The van der Waals surface area contributed by atoms with Crippen LogP contribution in [0.2, 0.25) is 0 Å². The Morgan fingerprint density at radius 1 is 1.30 bits per heavy atom. The number of ether oxygens (including phenoxy) is 1. The Labute approximate surface area is 118 Å². The average molecular weight is 271 g/mol. The average Bonchev–Trinajstić information content (AvgIpc) is 2.46. The molecule has 0 unspecified atom stereocenters. The minimum atomic E-state index is -0.530. The van der Waals surface area contributed by atoms with Crippen LogP contribution in [-0.2, 0) is 11.3 Å². The molecule has 1 aromatic carbocycles. The standard InChI is InChI=1S/C15H17N3O2/c1-11-4-3-5-12(8-11)9-16-13-6-7-14(17-10-13)18-15(19)20-2/h3-8,10,16H,9H2,1-2H3,(H,17,18,19). The summed E-state index contributed by atoms with van der Waals surface area (Å²) in [7, 11) is 1.31. The number of methoxy groups -OCH3 is 1. The van der Waals surface area contributed by atoms with E-state index in [-0.39, 0.29) is 0 Å². The molecule has 0 saturated carbocycles. The largest absolute Gasteiger partial charge is 0.453 e. The van der Waals surface area contributed by atoms with Gasteiger partial charge in [0.25, 0.3) is 0 Å². The van der Waals surface area contributed by atoms with Crippen molar-refractivity contribution in [3.63, 3.8) is 0 Å². The molecular weight excluding hydrogens is 254 g/mol. The molecule has 0 atom stereocenters. The van der Waals surface area contributed by atoms with Crippen LogP contribution in [0.3, 0.4) is 0 Å². The first-order chi connectivity index (χ1) is 9.67. The number of benzene rings is 1. The number of nitrogens with zero attached hydrogens (tertiary/aromatic N) is 1. The fourth-order valence-electron chi connectivity index (χ4n) is 1.75. The fraction of sp³-hybridized carbons (Fsp3) is 0.200. The van der Waals surface area contributed by atoms with Gasteiger partial charge >= 0.3 is 6.09 Å². The predicted molar refractivity (Wildman–Crippen MR) is 78.8 cm³/mol. The molecule has 104 valence electrons. The van der Waals surface area contributed by atoms with E-state index in [2.05, 4.69) is 45.5 Å². The number of nitrogens with one attached hydrogen (secondary N) is 2. The van der Waals surface area contributed by atoms with Crippen molar-refractivity contribution in [2.45, 2.75) is 13.5 Å². The maximum atomic E-state index is 11.0. The second kappa shape index (κ2) is 6.56. The van der Waals surface area contributed by atoms with E-state index < -0.39 is 6.09 Å². The number of amides is 1. The second-order valence-corrected chi connectivity index (χ2v) is 4.39. The van der Waals surface area contributed by atoms with Crippen LogP contribution >= 0.6 is 0 Å². The second-order valence-electron chi connectivity index (χ2n) is 4.39. The highest BCUT2D eigenvalue weighted by molar-refractivity contribution is 5.83. The minimum Gasteiger partial charge on any atom is -0.453 e. The topological polar surface area (TPSA) is 63.2 Å². The van der Waals surface area contributed by atoms with E-state index in [1.165, 1.54) is 18.2 Å². The van der Waals surface area contributed by atoms with Gasteiger partial charge < -0.3 is 10.1 Å². The number of aromatic nitrogens is 1. The van der Waals surface area contributed by atoms with Gasteiger partial charge in [0.05, 0.1) is 19.0 Å². The number of rotatable bonds is 4. The molecule has 0 bridgehead atoms. The van der Waals surface area contributed by atoms with Crippen molar-refractivity contribution in [1.29, 1.82) is 0 Å². The van der Waals surface area contributed by atoms with E-state index in [4.69, 9.17) is 0 Å². The van der Waals surface area contributed by atoms with Gasteiger partial charge in [-0.25, -0.2) is 9.78 Å². The molecular formula is C15H17N3O2. The lowest BCUT2D eigenvalue weighted by Crippen LogP contribution is -2.12. The highest BCUT2D eigenvalue weighted by Gasteiger charge is 2.01. The third-order valence-electron chi connectivity index (χ3n) is 2.76. The number of anilines is 2. The fourth-order valence-corrected chi connectivity index (χ4v) is 1.75. The summed E-state index contributed by atoms with van der Waals surface area (Å²) in [6.45, 7) is 2.80.